The van der Waals surface area contributed by atoms with Crippen LogP contribution in [0.3, 0.4) is 0 Å². The molecule has 0 spiro atoms. The minimum absolute atomic E-state index is 0.00927. The van der Waals surface area contributed by atoms with E-state index in [1.807, 2.05) is 16.8 Å². The fourth-order valence-electron chi connectivity index (χ4n) is 4.21. The highest BCUT2D eigenvalue weighted by Crippen LogP contribution is 2.33. The third-order valence-electron chi connectivity index (χ3n) is 5.42. The van der Waals surface area contributed by atoms with E-state index in [0.717, 1.165) is 24.9 Å². The second-order valence-corrected chi connectivity index (χ2v) is 7.04. The van der Waals surface area contributed by atoms with E-state index in [-0.39, 0.29) is 6.10 Å². The molecule has 2 fully saturated rings. The van der Waals surface area contributed by atoms with Gasteiger partial charge in [0.1, 0.15) is 23.9 Å². The highest BCUT2D eigenvalue weighted by atomic mass is 16.5. The van der Waals surface area contributed by atoms with Gasteiger partial charge in [-0.3, -0.25) is 4.90 Å². The van der Waals surface area contributed by atoms with E-state index in [1.165, 1.54) is 19.2 Å². The van der Waals surface area contributed by atoms with Gasteiger partial charge in [-0.2, -0.15) is 0 Å². The molecule has 5 N–H and O–H groups in total. The Kier molecular flexibility index (Phi) is 4.60. The first kappa shape index (κ1) is 16.7. The number of aliphatic hydroxyl groups is 1. The van der Waals surface area contributed by atoms with Gasteiger partial charge >= 0.3 is 0 Å². The zero-order valence-corrected chi connectivity index (χ0v) is 14.3. The zero-order chi connectivity index (χ0) is 17.4. The Morgan fingerprint density at radius 3 is 3.08 bits per heavy atom. The average molecular weight is 346 g/mol. The summed E-state index contributed by atoms with van der Waals surface area (Å²) in [5.74, 6) is 0.439. The first-order chi connectivity index (χ1) is 12.2. The molecule has 2 saturated heterocycles. The number of aromatic nitrogens is 3. The molecule has 2 aromatic rings. The topological polar surface area (TPSA) is 115 Å². The Labute approximate surface area is 146 Å². The molecule has 0 amide bonds. The predicted octanol–water partition coefficient (Wildman–Crippen LogP) is 0.475. The van der Waals surface area contributed by atoms with E-state index in [2.05, 4.69) is 14.9 Å². The maximum absolute atomic E-state index is 10.5. The maximum Gasteiger partial charge on any atom is 0.161 e. The second-order valence-electron chi connectivity index (χ2n) is 7.04. The maximum atomic E-state index is 10.5. The van der Waals surface area contributed by atoms with Crippen molar-refractivity contribution in [3.8, 4) is 0 Å². The van der Waals surface area contributed by atoms with Gasteiger partial charge in [-0.1, -0.05) is 0 Å². The monoisotopic (exact) mass is 346 g/mol. The minimum Gasteiger partial charge on any atom is -0.388 e. The van der Waals surface area contributed by atoms with Crippen LogP contribution in [0.15, 0.2) is 18.6 Å². The van der Waals surface area contributed by atoms with Gasteiger partial charge in [0.25, 0.3) is 0 Å². The number of hydrogen-bond acceptors (Lipinski definition) is 7. The SMILES string of the molecule is NCC[C@@H]1CCCN1C[C@@H]1C[C@@H](O)[C@H](n2ccc3c(N)ncnc32)O1. The molecule has 4 atom stereocenters. The van der Waals surface area contributed by atoms with Crippen LogP contribution in [0, 0.1) is 0 Å². The van der Waals surface area contributed by atoms with E-state index in [4.69, 9.17) is 16.2 Å². The Hall–Kier alpha value is -1.74. The van der Waals surface area contributed by atoms with Gasteiger partial charge in [-0.25, -0.2) is 9.97 Å². The summed E-state index contributed by atoms with van der Waals surface area (Å²) in [6.45, 7) is 2.64. The van der Waals surface area contributed by atoms with Crippen molar-refractivity contribution >= 4 is 16.9 Å². The summed E-state index contributed by atoms with van der Waals surface area (Å²) in [6.07, 6.45) is 6.37. The smallest absolute Gasteiger partial charge is 0.161 e. The molecule has 4 heterocycles. The summed E-state index contributed by atoms with van der Waals surface area (Å²) in [7, 11) is 0. The second kappa shape index (κ2) is 6.87. The van der Waals surface area contributed by atoms with E-state index in [0.29, 0.717) is 30.5 Å². The van der Waals surface area contributed by atoms with Crippen molar-refractivity contribution in [1.29, 1.82) is 0 Å². The molecule has 25 heavy (non-hydrogen) atoms. The number of nitrogens with two attached hydrogens (primary N) is 2. The van der Waals surface area contributed by atoms with Gasteiger partial charge in [0.05, 0.1) is 11.5 Å². The van der Waals surface area contributed by atoms with Crippen LogP contribution in [0.1, 0.15) is 31.9 Å². The number of fused-ring (bicyclic) bond motifs is 1. The van der Waals surface area contributed by atoms with Crippen molar-refractivity contribution in [1.82, 2.24) is 19.4 Å². The lowest BCUT2D eigenvalue weighted by Crippen LogP contribution is -2.37. The zero-order valence-electron chi connectivity index (χ0n) is 14.3. The van der Waals surface area contributed by atoms with E-state index in [1.54, 1.807) is 0 Å². The molecule has 136 valence electrons. The molecule has 8 nitrogen and oxygen atoms in total. The van der Waals surface area contributed by atoms with Crippen LogP contribution >= 0.6 is 0 Å². The Morgan fingerprint density at radius 1 is 1.36 bits per heavy atom. The highest BCUT2D eigenvalue weighted by molar-refractivity contribution is 5.86. The number of hydrogen-bond donors (Lipinski definition) is 3. The molecule has 4 rings (SSSR count). The van der Waals surface area contributed by atoms with Crippen molar-refractivity contribution in [2.45, 2.75) is 50.2 Å². The van der Waals surface area contributed by atoms with Gasteiger partial charge in [0.2, 0.25) is 0 Å². The largest absolute Gasteiger partial charge is 0.388 e. The van der Waals surface area contributed by atoms with Crippen molar-refractivity contribution in [2.75, 3.05) is 25.4 Å². The van der Waals surface area contributed by atoms with Crippen LogP contribution in [0.5, 0.6) is 0 Å². The molecule has 2 aromatic heterocycles. The normalized spacial score (nSPS) is 30.5. The number of nitrogens with zero attached hydrogens (tertiary/aromatic N) is 4. The standard InChI is InChI=1S/C17H26N6O2/c18-5-3-11-2-1-6-22(11)9-12-8-14(24)17(25-12)23-7-4-13-15(19)20-10-21-16(13)23/h4,7,10-12,14,17,24H,1-3,5-6,8-9,18H2,(H2,19,20,21)/t11-,12-,14+,17+/m0/s1. The first-order valence-electron chi connectivity index (χ1n) is 9.02. The summed E-state index contributed by atoms with van der Waals surface area (Å²) in [6, 6.07) is 2.41. The molecular formula is C17H26N6O2. The number of nitrogen functional groups attached to an aromatic ring is 1. The molecule has 0 bridgehead atoms. The van der Waals surface area contributed by atoms with Gasteiger partial charge in [0, 0.05) is 25.2 Å². The Morgan fingerprint density at radius 2 is 2.24 bits per heavy atom. The minimum atomic E-state index is -0.563. The molecule has 0 radical (unpaired) electrons. The number of aliphatic hydroxyl groups excluding tert-OH is 1. The lowest BCUT2D eigenvalue weighted by atomic mass is 10.1. The Bertz CT molecular complexity index is 735. The summed E-state index contributed by atoms with van der Waals surface area (Å²) in [5, 5.41) is 11.3. The molecule has 0 aliphatic carbocycles. The fourth-order valence-corrected chi connectivity index (χ4v) is 4.21. The van der Waals surface area contributed by atoms with E-state index >= 15 is 0 Å². The van der Waals surface area contributed by atoms with E-state index in [9.17, 15) is 5.11 Å². The fraction of sp³-hybridized carbons (Fsp3) is 0.647. The molecule has 0 aromatic carbocycles. The van der Waals surface area contributed by atoms with Crippen LogP contribution in [-0.2, 0) is 4.74 Å². The molecular weight excluding hydrogens is 320 g/mol. The molecule has 0 unspecified atom stereocenters. The molecule has 0 saturated carbocycles. The number of likely N-dealkylation sites (tertiary alicyclic amines) is 1. The van der Waals surface area contributed by atoms with E-state index < -0.39 is 12.3 Å². The van der Waals surface area contributed by atoms with Crippen molar-refractivity contribution in [2.24, 2.45) is 5.73 Å². The molecule has 2 aliphatic rings. The van der Waals surface area contributed by atoms with Crippen molar-refractivity contribution in [3.63, 3.8) is 0 Å². The van der Waals surface area contributed by atoms with Gasteiger partial charge in [-0.05, 0) is 38.4 Å². The summed E-state index contributed by atoms with van der Waals surface area (Å²) in [4.78, 5) is 10.8. The number of anilines is 1. The van der Waals surface area contributed by atoms with Gasteiger partial charge in [0.15, 0.2) is 6.23 Å². The van der Waals surface area contributed by atoms with Crippen molar-refractivity contribution in [3.05, 3.63) is 18.6 Å². The van der Waals surface area contributed by atoms with Crippen molar-refractivity contribution < 1.29 is 9.84 Å². The van der Waals surface area contributed by atoms with Crippen LogP contribution in [0.4, 0.5) is 5.82 Å². The summed E-state index contributed by atoms with van der Waals surface area (Å²) < 4.78 is 8.05. The number of ether oxygens (including phenoxy) is 1. The molecule has 2 aliphatic heterocycles. The van der Waals surface area contributed by atoms with Crippen LogP contribution in [0.2, 0.25) is 0 Å². The van der Waals surface area contributed by atoms with Gasteiger partial charge < -0.3 is 25.9 Å². The van der Waals surface area contributed by atoms with Crippen LogP contribution in [-0.4, -0.2) is 62.4 Å². The predicted molar refractivity (Wildman–Crippen MR) is 94.7 cm³/mol. The molecule has 8 heteroatoms. The quantitative estimate of drug-likeness (QED) is 0.721. The average Bonchev–Trinajstić information content (AvgIpc) is 3.28. The Balaban J connectivity index is 1.48. The van der Waals surface area contributed by atoms with Crippen LogP contribution in [0.25, 0.3) is 11.0 Å². The lowest BCUT2D eigenvalue weighted by Gasteiger charge is -2.27. The van der Waals surface area contributed by atoms with Gasteiger partial charge in [-0.15, -0.1) is 0 Å². The first-order valence-corrected chi connectivity index (χ1v) is 9.02. The third-order valence-corrected chi connectivity index (χ3v) is 5.42. The highest BCUT2D eigenvalue weighted by Gasteiger charge is 2.38. The summed E-state index contributed by atoms with van der Waals surface area (Å²) >= 11 is 0. The third kappa shape index (κ3) is 3.10. The van der Waals surface area contributed by atoms with Crippen LogP contribution < -0.4 is 11.5 Å². The summed E-state index contributed by atoms with van der Waals surface area (Å²) in [5.41, 5.74) is 12.3. The number of rotatable bonds is 5. The lowest BCUT2D eigenvalue weighted by molar-refractivity contribution is -0.0437.